The predicted molar refractivity (Wildman–Crippen MR) is 79.4 cm³/mol. The van der Waals surface area contributed by atoms with Gasteiger partial charge in [0.1, 0.15) is 12.4 Å². The summed E-state index contributed by atoms with van der Waals surface area (Å²) in [5.74, 6) is -6.51. The molecule has 0 saturated heterocycles. The van der Waals surface area contributed by atoms with Gasteiger partial charge in [-0.25, -0.2) is 17.6 Å². The van der Waals surface area contributed by atoms with E-state index in [0.717, 1.165) is 23.1 Å². The van der Waals surface area contributed by atoms with Gasteiger partial charge < -0.3 is 10.2 Å². The predicted octanol–water partition coefficient (Wildman–Crippen LogP) is 3.23. The number of benzene rings is 2. The van der Waals surface area contributed by atoms with Crippen molar-refractivity contribution in [3.63, 3.8) is 0 Å². The highest BCUT2D eigenvalue weighted by Crippen LogP contribution is 2.20. The van der Waals surface area contributed by atoms with Gasteiger partial charge in [0, 0.05) is 12.6 Å². The topological polar surface area (TPSA) is 49.4 Å². The maximum absolute atomic E-state index is 13.5. The Hall–Kier alpha value is -2.90. The Morgan fingerprint density at radius 3 is 2.17 bits per heavy atom. The van der Waals surface area contributed by atoms with E-state index in [9.17, 15) is 27.2 Å². The van der Waals surface area contributed by atoms with Gasteiger partial charge in [0.15, 0.2) is 17.5 Å². The van der Waals surface area contributed by atoms with Gasteiger partial charge >= 0.3 is 0 Å². The Kier molecular flexibility index (Phi) is 5.18. The standard InChI is InChI=1S/C16H12F4N2O2/c1-9(23)22(11-4-2-10(17)3-5-11)8-14(24)21-13-7-6-12(18)15(19)16(13)20/h2-7H,8H2,1H3,(H,21,24). The van der Waals surface area contributed by atoms with Crippen molar-refractivity contribution in [2.24, 2.45) is 0 Å². The smallest absolute Gasteiger partial charge is 0.244 e. The lowest BCUT2D eigenvalue weighted by Gasteiger charge is -2.20. The van der Waals surface area contributed by atoms with Gasteiger partial charge in [0.25, 0.3) is 0 Å². The maximum atomic E-state index is 13.5. The first-order valence-corrected chi connectivity index (χ1v) is 6.76. The highest BCUT2D eigenvalue weighted by atomic mass is 19.2. The summed E-state index contributed by atoms with van der Waals surface area (Å²) in [6.07, 6.45) is 0. The van der Waals surface area contributed by atoms with Crippen LogP contribution in [0.3, 0.4) is 0 Å². The Morgan fingerprint density at radius 1 is 0.958 bits per heavy atom. The highest BCUT2D eigenvalue weighted by Gasteiger charge is 2.19. The van der Waals surface area contributed by atoms with Crippen LogP contribution in [0.4, 0.5) is 28.9 Å². The second kappa shape index (κ2) is 7.12. The maximum Gasteiger partial charge on any atom is 0.244 e. The third kappa shape index (κ3) is 3.89. The van der Waals surface area contributed by atoms with Gasteiger partial charge in [-0.1, -0.05) is 0 Å². The quantitative estimate of drug-likeness (QED) is 0.686. The van der Waals surface area contributed by atoms with Crippen LogP contribution in [0.25, 0.3) is 0 Å². The Balaban J connectivity index is 2.16. The molecule has 0 atom stereocenters. The molecule has 4 nitrogen and oxygen atoms in total. The van der Waals surface area contributed by atoms with Crippen LogP contribution in [0.15, 0.2) is 36.4 Å². The molecule has 0 aliphatic carbocycles. The number of carbonyl (C=O) groups excluding carboxylic acids is 2. The molecule has 1 N–H and O–H groups in total. The summed E-state index contributed by atoms with van der Waals surface area (Å²) in [5, 5.41) is 2.06. The number of hydrogen-bond donors (Lipinski definition) is 1. The number of rotatable bonds is 4. The van der Waals surface area contributed by atoms with Crippen LogP contribution < -0.4 is 10.2 Å². The van der Waals surface area contributed by atoms with Crippen molar-refractivity contribution in [3.05, 3.63) is 59.7 Å². The normalized spacial score (nSPS) is 10.4. The van der Waals surface area contributed by atoms with Gasteiger partial charge in [0.05, 0.1) is 5.69 Å². The van der Waals surface area contributed by atoms with Gasteiger partial charge in [-0.15, -0.1) is 0 Å². The van der Waals surface area contributed by atoms with Crippen LogP contribution in [0.2, 0.25) is 0 Å². The summed E-state index contributed by atoms with van der Waals surface area (Å²) in [6, 6.07) is 6.33. The second-order valence-corrected chi connectivity index (χ2v) is 4.85. The van der Waals surface area contributed by atoms with E-state index in [1.54, 1.807) is 0 Å². The van der Waals surface area contributed by atoms with E-state index in [4.69, 9.17) is 0 Å². The zero-order chi connectivity index (χ0) is 17.9. The molecule has 0 heterocycles. The first-order chi connectivity index (χ1) is 11.3. The van der Waals surface area contributed by atoms with Crippen LogP contribution in [0.5, 0.6) is 0 Å². The van der Waals surface area contributed by atoms with Crippen LogP contribution in [0.1, 0.15) is 6.92 Å². The molecule has 24 heavy (non-hydrogen) atoms. The third-order valence-electron chi connectivity index (χ3n) is 3.13. The number of halogens is 4. The summed E-state index contributed by atoms with van der Waals surface area (Å²) in [5.41, 5.74) is -0.300. The highest BCUT2D eigenvalue weighted by molar-refractivity contribution is 6.01. The van der Waals surface area contributed by atoms with E-state index < -0.39 is 47.3 Å². The number of anilines is 2. The van der Waals surface area contributed by atoms with E-state index in [2.05, 4.69) is 5.32 Å². The Labute approximate surface area is 134 Å². The molecular formula is C16H12F4N2O2. The van der Waals surface area contributed by atoms with Crippen molar-refractivity contribution in [2.45, 2.75) is 6.92 Å². The molecule has 2 aromatic rings. The molecule has 2 amide bonds. The molecule has 0 aromatic heterocycles. The van der Waals surface area contributed by atoms with Crippen molar-refractivity contribution in [2.75, 3.05) is 16.8 Å². The molecule has 0 unspecified atom stereocenters. The second-order valence-electron chi connectivity index (χ2n) is 4.85. The van der Waals surface area contributed by atoms with Crippen LogP contribution in [-0.2, 0) is 9.59 Å². The van der Waals surface area contributed by atoms with Crippen molar-refractivity contribution in [3.8, 4) is 0 Å². The third-order valence-corrected chi connectivity index (χ3v) is 3.13. The van der Waals surface area contributed by atoms with E-state index >= 15 is 0 Å². The summed E-state index contributed by atoms with van der Waals surface area (Å²) in [6.45, 7) is 0.675. The molecule has 0 aliphatic rings. The molecule has 2 aromatic carbocycles. The number of hydrogen-bond acceptors (Lipinski definition) is 2. The zero-order valence-corrected chi connectivity index (χ0v) is 12.4. The van der Waals surface area contributed by atoms with Gasteiger partial charge in [-0.3, -0.25) is 9.59 Å². The van der Waals surface area contributed by atoms with E-state index in [-0.39, 0.29) is 5.69 Å². The molecule has 0 spiro atoms. The van der Waals surface area contributed by atoms with Crippen molar-refractivity contribution < 1.29 is 27.2 Å². The number of amides is 2. The van der Waals surface area contributed by atoms with Crippen molar-refractivity contribution in [1.29, 1.82) is 0 Å². The van der Waals surface area contributed by atoms with Gasteiger partial charge in [-0.05, 0) is 36.4 Å². The lowest BCUT2D eigenvalue weighted by molar-refractivity contribution is -0.120. The minimum atomic E-state index is -1.71. The average Bonchev–Trinajstić information content (AvgIpc) is 2.54. The molecule has 2 rings (SSSR count). The molecule has 8 heteroatoms. The zero-order valence-electron chi connectivity index (χ0n) is 12.4. The number of nitrogens with zero attached hydrogens (tertiary/aromatic N) is 1. The first kappa shape index (κ1) is 17.5. The van der Waals surface area contributed by atoms with Crippen LogP contribution >= 0.6 is 0 Å². The molecule has 0 bridgehead atoms. The SMILES string of the molecule is CC(=O)N(CC(=O)Nc1ccc(F)c(F)c1F)c1ccc(F)cc1. The largest absolute Gasteiger partial charge is 0.322 e. The van der Waals surface area contributed by atoms with Crippen LogP contribution in [-0.4, -0.2) is 18.4 Å². The van der Waals surface area contributed by atoms with Gasteiger partial charge in [0.2, 0.25) is 11.8 Å². The minimum Gasteiger partial charge on any atom is -0.322 e. The lowest BCUT2D eigenvalue weighted by Crippen LogP contribution is -2.36. The lowest BCUT2D eigenvalue weighted by atomic mass is 10.2. The number of nitrogens with one attached hydrogen (secondary N) is 1. The Morgan fingerprint density at radius 2 is 1.58 bits per heavy atom. The summed E-state index contributed by atoms with van der Waals surface area (Å²) < 4.78 is 52.4. The molecule has 0 fully saturated rings. The van der Waals surface area contributed by atoms with Crippen LogP contribution in [0, 0.1) is 23.3 Å². The van der Waals surface area contributed by atoms with E-state index in [1.807, 2.05) is 0 Å². The average molecular weight is 340 g/mol. The van der Waals surface area contributed by atoms with Gasteiger partial charge in [-0.2, -0.15) is 0 Å². The molecule has 0 radical (unpaired) electrons. The number of carbonyl (C=O) groups is 2. The Bertz CT molecular complexity index is 778. The van der Waals surface area contributed by atoms with Crippen molar-refractivity contribution in [1.82, 2.24) is 0 Å². The molecule has 0 aliphatic heterocycles. The fourth-order valence-electron chi connectivity index (χ4n) is 1.96. The fraction of sp³-hybridized carbons (Fsp3) is 0.125. The molecular weight excluding hydrogens is 328 g/mol. The van der Waals surface area contributed by atoms with E-state index in [1.165, 1.54) is 19.1 Å². The molecule has 0 saturated carbocycles. The summed E-state index contributed by atoms with van der Waals surface area (Å²) in [7, 11) is 0. The molecule has 126 valence electrons. The fourth-order valence-corrected chi connectivity index (χ4v) is 1.96. The first-order valence-electron chi connectivity index (χ1n) is 6.76. The van der Waals surface area contributed by atoms with Crippen molar-refractivity contribution >= 4 is 23.2 Å². The summed E-state index contributed by atoms with van der Waals surface area (Å²) >= 11 is 0. The minimum absolute atomic E-state index is 0.254. The monoisotopic (exact) mass is 340 g/mol. The summed E-state index contributed by atoms with van der Waals surface area (Å²) in [4.78, 5) is 24.6. The van der Waals surface area contributed by atoms with E-state index in [0.29, 0.717) is 6.07 Å².